The van der Waals surface area contributed by atoms with E-state index in [9.17, 15) is 18.0 Å². The zero-order valence-electron chi connectivity index (χ0n) is 18.3. The Labute approximate surface area is 194 Å². The Morgan fingerprint density at radius 3 is 2.84 bits per heavy atom. The minimum atomic E-state index is -4.39. The molecule has 4 rings (SSSR count). The van der Waals surface area contributed by atoms with Crippen molar-refractivity contribution in [3.8, 4) is 10.6 Å². The number of Topliss-reactive ketones (excluding diaryl/α,β-unsaturated/α-hetero) is 1. The lowest BCUT2D eigenvalue weighted by atomic mass is 9.98. The largest absolute Gasteiger partial charge is 0.416 e. The smallest absolute Gasteiger partial charge is 0.312 e. The Bertz CT molecular complexity index is 1120. The number of thiazole rings is 1. The molecule has 1 aliphatic heterocycles. The second kappa shape index (κ2) is 9.61. The lowest BCUT2D eigenvalue weighted by Crippen LogP contribution is -2.22. The topological polar surface area (TPSA) is 42.0 Å². The summed E-state index contributed by atoms with van der Waals surface area (Å²) in [6, 6.07) is 3.73. The van der Waals surface area contributed by atoms with Crippen LogP contribution in [0.2, 0.25) is 0 Å². The summed E-state index contributed by atoms with van der Waals surface area (Å²) in [4.78, 5) is 19.6. The first kappa shape index (κ1) is 23.4. The van der Waals surface area contributed by atoms with Gasteiger partial charge in [0, 0.05) is 34.7 Å². The van der Waals surface area contributed by atoms with Gasteiger partial charge in [-0.25, -0.2) is 4.98 Å². The normalized spacial score (nSPS) is 15.2. The van der Waals surface area contributed by atoms with Crippen LogP contribution in [0.15, 0.2) is 18.2 Å². The highest BCUT2D eigenvalue weighted by Gasteiger charge is 2.31. The summed E-state index contributed by atoms with van der Waals surface area (Å²) in [5.41, 5.74) is 1.86. The standard InChI is InChI=1S/C24H27F3N2OS2/c1-3-14(2)5-4-6-16(30)12-20-22(17-9-10-28-13-21(17)31-20)23-29-18-11-15(24(25,26)27)7-8-19(18)32-23/h7-8,11,14,28H,3-6,9-10,12-13H2,1-2H3/t14-/m1/s1. The van der Waals surface area contributed by atoms with Crippen LogP contribution in [0.3, 0.4) is 0 Å². The number of fused-ring (bicyclic) bond motifs is 2. The summed E-state index contributed by atoms with van der Waals surface area (Å²) in [7, 11) is 0. The van der Waals surface area contributed by atoms with E-state index in [0.29, 0.717) is 24.3 Å². The van der Waals surface area contributed by atoms with Crippen molar-refractivity contribution in [3.05, 3.63) is 39.1 Å². The van der Waals surface area contributed by atoms with E-state index < -0.39 is 11.7 Å². The fraction of sp³-hybridized carbons (Fsp3) is 0.500. The molecule has 0 saturated carbocycles. The van der Waals surface area contributed by atoms with Crippen LogP contribution in [0.25, 0.3) is 20.8 Å². The zero-order valence-corrected chi connectivity index (χ0v) is 19.9. The summed E-state index contributed by atoms with van der Waals surface area (Å²) in [6.45, 7) is 5.99. The molecule has 0 aliphatic carbocycles. The van der Waals surface area contributed by atoms with Crippen LogP contribution in [0.4, 0.5) is 13.2 Å². The quantitative estimate of drug-likeness (QED) is 0.377. The SMILES string of the molecule is CC[C@@H](C)CCCC(=O)Cc1sc2c(c1-c1nc3cc(C(F)(F)F)ccc3s1)CCNC2. The van der Waals surface area contributed by atoms with Crippen molar-refractivity contribution in [1.29, 1.82) is 0 Å². The molecular weight excluding hydrogens is 453 g/mol. The molecule has 8 heteroatoms. The van der Waals surface area contributed by atoms with Crippen LogP contribution in [0, 0.1) is 5.92 Å². The highest BCUT2D eigenvalue weighted by atomic mass is 32.1. The summed E-state index contributed by atoms with van der Waals surface area (Å²) >= 11 is 3.06. The molecule has 0 bridgehead atoms. The summed E-state index contributed by atoms with van der Waals surface area (Å²) in [5, 5.41) is 4.10. The van der Waals surface area contributed by atoms with E-state index in [2.05, 4.69) is 24.1 Å². The molecule has 1 N–H and O–H groups in total. The van der Waals surface area contributed by atoms with E-state index in [0.717, 1.165) is 71.1 Å². The fourth-order valence-corrected chi connectivity index (χ4v) is 6.56. The molecule has 0 fully saturated rings. The van der Waals surface area contributed by atoms with Gasteiger partial charge in [-0.05, 0) is 49.1 Å². The number of carbonyl (C=O) groups excluding carboxylic acids is 1. The first-order chi connectivity index (χ1) is 15.3. The molecule has 3 aromatic rings. The molecule has 32 heavy (non-hydrogen) atoms. The molecule has 1 aliphatic rings. The number of nitrogens with zero attached hydrogens (tertiary/aromatic N) is 1. The Kier molecular flexibility index (Phi) is 7.03. The van der Waals surface area contributed by atoms with Crippen molar-refractivity contribution < 1.29 is 18.0 Å². The molecular formula is C24H27F3N2OS2. The monoisotopic (exact) mass is 480 g/mol. The Morgan fingerprint density at radius 2 is 2.09 bits per heavy atom. The van der Waals surface area contributed by atoms with Gasteiger partial charge < -0.3 is 5.32 Å². The van der Waals surface area contributed by atoms with Crippen LogP contribution in [0.5, 0.6) is 0 Å². The van der Waals surface area contributed by atoms with Crippen LogP contribution in [-0.2, 0) is 30.4 Å². The lowest BCUT2D eigenvalue weighted by molar-refractivity contribution is -0.137. The van der Waals surface area contributed by atoms with Crippen molar-refractivity contribution in [2.75, 3.05) is 6.54 Å². The van der Waals surface area contributed by atoms with E-state index in [1.165, 1.54) is 27.8 Å². The van der Waals surface area contributed by atoms with Crippen molar-refractivity contribution in [3.63, 3.8) is 0 Å². The van der Waals surface area contributed by atoms with Gasteiger partial charge >= 0.3 is 6.18 Å². The first-order valence-electron chi connectivity index (χ1n) is 11.1. The van der Waals surface area contributed by atoms with Crippen LogP contribution < -0.4 is 5.32 Å². The molecule has 0 spiro atoms. The number of ketones is 1. The average Bonchev–Trinajstić information content (AvgIpc) is 3.32. The lowest BCUT2D eigenvalue weighted by Gasteiger charge is -2.13. The number of benzene rings is 1. The van der Waals surface area contributed by atoms with Crippen LogP contribution in [-0.4, -0.2) is 17.3 Å². The van der Waals surface area contributed by atoms with Gasteiger partial charge in [0.25, 0.3) is 0 Å². The number of alkyl halides is 3. The van der Waals surface area contributed by atoms with E-state index >= 15 is 0 Å². The number of hydrogen-bond acceptors (Lipinski definition) is 5. The van der Waals surface area contributed by atoms with Gasteiger partial charge in [-0.1, -0.05) is 26.7 Å². The first-order valence-corrected chi connectivity index (χ1v) is 12.7. The number of thiophene rings is 1. The Morgan fingerprint density at radius 1 is 1.28 bits per heavy atom. The molecule has 0 radical (unpaired) electrons. The molecule has 172 valence electrons. The van der Waals surface area contributed by atoms with Gasteiger partial charge in [0.05, 0.1) is 15.8 Å². The van der Waals surface area contributed by atoms with Crippen molar-refractivity contribution in [1.82, 2.24) is 10.3 Å². The maximum Gasteiger partial charge on any atom is 0.416 e. The molecule has 2 aromatic heterocycles. The van der Waals surface area contributed by atoms with Crippen molar-refractivity contribution in [2.24, 2.45) is 5.92 Å². The third kappa shape index (κ3) is 5.07. The highest BCUT2D eigenvalue weighted by Crippen LogP contribution is 2.43. The maximum absolute atomic E-state index is 13.1. The summed E-state index contributed by atoms with van der Waals surface area (Å²) in [5.74, 6) is 0.851. The summed E-state index contributed by atoms with van der Waals surface area (Å²) in [6.07, 6.45) is 0.467. The van der Waals surface area contributed by atoms with E-state index in [-0.39, 0.29) is 5.78 Å². The minimum Gasteiger partial charge on any atom is -0.312 e. The molecule has 1 aromatic carbocycles. The van der Waals surface area contributed by atoms with Crippen LogP contribution in [0.1, 0.15) is 60.4 Å². The number of aromatic nitrogens is 1. The van der Waals surface area contributed by atoms with Crippen molar-refractivity contribution in [2.45, 2.75) is 65.1 Å². The predicted octanol–water partition coefficient (Wildman–Crippen LogP) is 7.02. The van der Waals surface area contributed by atoms with Gasteiger partial charge in [-0.3, -0.25) is 4.79 Å². The number of hydrogen-bond donors (Lipinski definition) is 1. The van der Waals surface area contributed by atoms with E-state index in [1.54, 1.807) is 11.3 Å². The van der Waals surface area contributed by atoms with Gasteiger partial charge in [0.1, 0.15) is 10.8 Å². The van der Waals surface area contributed by atoms with Gasteiger partial charge in [-0.15, -0.1) is 22.7 Å². The third-order valence-electron chi connectivity index (χ3n) is 6.14. The third-order valence-corrected chi connectivity index (χ3v) is 8.42. The van der Waals surface area contributed by atoms with Gasteiger partial charge in [0.15, 0.2) is 0 Å². The molecule has 3 heterocycles. The Hall–Kier alpha value is -1.77. The second-order valence-electron chi connectivity index (χ2n) is 8.55. The predicted molar refractivity (Wildman–Crippen MR) is 125 cm³/mol. The molecule has 0 saturated heterocycles. The van der Waals surface area contributed by atoms with E-state index in [1.807, 2.05) is 0 Å². The number of rotatable bonds is 8. The number of halogens is 3. The zero-order chi connectivity index (χ0) is 22.9. The Balaban J connectivity index is 1.64. The van der Waals surface area contributed by atoms with Crippen molar-refractivity contribution >= 4 is 38.7 Å². The maximum atomic E-state index is 13.1. The molecule has 0 unspecified atom stereocenters. The number of carbonyl (C=O) groups is 1. The second-order valence-corrected chi connectivity index (χ2v) is 10.8. The average molecular weight is 481 g/mol. The fourth-order valence-electron chi connectivity index (χ4n) is 4.09. The van der Waals surface area contributed by atoms with E-state index in [4.69, 9.17) is 0 Å². The summed E-state index contributed by atoms with van der Waals surface area (Å²) < 4.78 is 40.1. The molecule has 1 atom stereocenters. The van der Waals surface area contributed by atoms with Crippen LogP contribution >= 0.6 is 22.7 Å². The highest BCUT2D eigenvalue weighted by molar-refractivity contribution is 7.22. The number of nitrogens with one attached hydrogen (secondary N) is 1. The van der Waals surface area contributed by atoms with Gasteiger partial charge in [-0.2, -0.15) is 13.2 Å². The molecule has 3 nitrogen and oxygen atoms in total. The minimum absolute atomic E-state index is 0.224. The molecule has 0 amide bonds. The van der Waals surface area contributed by atoms with Gasteiger partial charge in [0.2, 0.25) is 0 Å².